The largest absolute Gasteiger partial charge is 0.356 e. The Morgan fingerprint density at radius 2 is 1.91 bits per heavy atom. The number of nitrogens with one attached hydrogen (secondary N) is 1. The van der Waals surface area contributed by atoms with Gasteiger partial charge >= 0.3 is 0 Å². The van der Waals surface area contributed by atoms with Crippen molar-refractivity contribution in [1.29, 1.82) is 0 Å². The van der Waals surface area contributed by atoms with Crippen molar-refractivity contribution in [2.75, 3.05) is 13.1 Å². The maximum atomic E-state index is 12.3. The molecule has 0 spiro atoms. The molecule has 0 radical (unpaired) electrons. The van der Waals surface area contributed by atoms with Crippen LogP contribution in [0.25, 0.3) is 0 Å². The SMILES string of the molecule is CC(C)CCCCNC(=O)CCN1C(=O)CC(C(C)(C)C)C1=O. The van der Waals surface area contributed by atoms with Gasteiger partial charge in [-0.3, -0.25) is 19.3 Å². The van der Waals surface area contributed by atoms with Crippen molar-refractivity contribution in [3.05, 3.63) is 0 Å². The van der Waals surface area contributed by atoms with Crippen LogP contribution in [0.4, 0.5) is 0 Å². The molecule has 1 unspecified atom stereocenters. The highest BCUT2D eigenvalue weighted by Gasteiger charge is 2.44. The Bertz CT molecular complexity index is 438. The van der Waals surface area contributed by atoms with Gasteiger partial charge < -0.3 is 5.32 Å². The second-order valence-electron chi connectivity index (χ2n) is 8.00. The minimum atomic E-state index is -0.269. The standard InChI is InChI=1S/C18H32N2O3/c1-13(2)8-6-7-10-19-15(21)9-11-20-16(22)12-14(17(20)23)18(3,4)5/h13-14H,6-12H2,1-5H3,(H,19,21). The second-order valence-corrected chi connectivity index (χ2v) is 8.00. The van der Waals surface area contributed by atoms with Crippen LogP contribution in [-0.2, 0) is 14.4 Å². The van der Waals surface area contributed by atoms with E-state index in [1.165, 1.54) is 11.3 Å². The van der Waals surface area contributed by atoms with Gasteiger partial charge in [0.05, 0.1) is 5.92 Å². The zero-order valence-electron chi connectivity index (χ0n) is 15.3. The van der Waals surface area contributed by atoms with Crippen LogP contribution in [0.2, 0.25) is 0 Å². The molecule has 5 heteroatoms. The summed E-state index contributed by atoms with van der Waals surface area (Å²) in [4.78, 5) is 37.4. The molecule has 1 aliphatic rings. The first kappa shape index (κ1) is 19.7. The van der Waals surface area contributed by atoms with Gasteiger partial charge in [-0.05, 0) is 17.8 Å². The molecule has 0 aromatic carbocycles. The van der Waals surface area contributed by atoms with Crippen molar-refractivity contribution < 1.29 is 14.4 Å². The molecule has 1 atom stereocenters. The monoisotopic (exact) mass is 324 g/mol. The quantitative estimate of drug-likeness (QED) is 0.551. The highest BCUT2D eigenvalue weighted by molar-refractivity contribution is 6.04. The van der Waals surface area contributed by atoms with E-state index < -0.39 is 0 Å². The van der Waals surface area contributed by atoms with Crippen LogP contribution in [-0.4, -0.2) is 35.7 Å². The van der Waals surface area contributed by atoms with Gasteiger partial charge in [-0.25, -0.2) is 0 Å². The van der Waals surface area contributed by atoms with Crippen LogP contribution in [0.15, 0.2) is 0 Å². The Hall–Kier alpha value is -1.39. The number of likely N-dealkylation sites (tertiary alicyclic amines) is 1. The van der Waals surface area contributed by atoms with Crippen molar-refractivity contribution in [1.82, 2.24) is 10.2 Å². The normalized spacial score (nSPS) is 18.9. The number of hydrogen-bond donors (Lipinski definition) is 1. The number of carbonyl (C=O) groups is 3. The Labute approximate surface area is 140 Å². The Kier molecular flexibility index (Phi) is 7.23. The highest BCUT2D eigenvalue weighted by Crippen LogP contribution is 2.35. The summed E-state index contributed by atoms with van der Waals surface area (Å²) >= 11 is 0. The summed E-state index contributed by atoms with van der Waals surface area (Å²) in [7, 11) is 0. The maximum absolute atomic E-state index is 12.3. The number of hydrogen-bond acceptors (Lipinski definition) is 3. The molecule has 1 N–H and O–H groups in total. The molecule has 1 heterocycles. The summed E-state index contributed by atoms with van der Waals surface area (Å²) in [6.45, 7) is 11.1. The van der Waals surface area contributed by atoms with Crippen LogP contribution in [0.3, 0.4) is 0 Å². The Morgan fingerprint density at radius 1 is 1.26 bits per heavy atom. The van der Waals surface area contributed by atoms with E-state index in [0.29, 0.717) is 12.5 Å². The molecule has 0 bridgehead atoms. The number of unbranched alkanes of at least 4 members (excludes halogenated alkanes) is 1. The first-order valence-electron chi connectivity index (χ1n) is 8.74. The number of amides is 3. The van der Waals surface area contributed by atoms with E-state index in [1.54, 1.807) is 0 Å². The smallest absolute Gasteiger partial charge is 0.233 e. The van der Waals surface area contributed by atoms with Crippen molar-refractivity contribution >= 4 is 17.7 Å². The first-order valence-corrected chi connectivity index (χ1v) is 8.74. The Morgan fingerprint density at radius 3 is 2.43 bits per heavy atom. The Balaban J connectivity index is 2.30. The molecule has 132 valence electrons. The van der Waals surface area contributed by atoms with Crippen LogP contribution in [0.1, 0.15) is 66.7 Å². The molecular formula is C18H32N2O3. The lowest BCUT2D eigenvalue weighted by molar-refractivity contribution is -0.140. The molecular weight excluding hydrogens is 292 g/mol. The second kappa shape index (κ2) is 8.46. The minimum absolute atomic E-state index is 0.0886. The fourth-order valence-corrected chi connectivity index (χ4v) is 2.80. The van der Waals surface area contributed by atoms with Crippen molar-refractivity contribution in [3.63, 3.8) is 0 Å². The van der Waals surface area contributed by atoms with E-state index in [2.05, 4.69) is 19.2 Å². The van der Waals surface area contributed by atoms with Crippen molar-refractivity contribution in [2.24, 2.45) is 17.3 Å². The molecule has 1 aliphatic heterocycles. The average molecular weight is 324 g/mol. The van der Waals surface area contributed by atoms with E-state index in [4.69, 9.17) is 0 Å². The summed E-state index contributed by atoms with van der Waals surface area (Å²) < 4.78 is 0. The van der Waals surface area contributed by atoms with Gasteiger partial charge in [-0.15, -0.1) is 0 Å². The maximum Gasteiger partial charge on any atom is 0.233 e. The van der Waals surface area contributed by atoms with Gasteiger partial charge in [0.1, 0.15) is 0 Å². The topological polar surface area (TPSA) is 66.5 Å². The lowest BCUT2D eigenvalue weighted by Crippen LogP contribution is -2.37. The van der Waals surface area contributed by atoms with Crippen LogP contribution >= 0.6 is 0 Å². The average Bonchev–Trinajstić information content (AvgIpc) is 2.71. The molecule has 23 heavy (non-hydrogen) atoms. The molecule has 0 aliphatic carbocycles. The van der Waals surface area contributed by atoms with Crippen LogP contribution in [0.5, 0.6) is 0 Å². The van der Waals surface area contributed by atoms with Crippen LogP contribution in [0, 0.1) is 17.3 Å². The highest BCUT2D eigenvalue weighted by atomic mass is 16.2. The van der Waals surface area contributed by atoms with Crippen molar-refractivity contribution in [3.8, 4) is 0 Å². The minimum Gasteiger partial charge on any atom is -0.356 e. The number of rotatable bonds is 8. The van der Waals surface area contributed by atoms with Gasteiger partial charge in [-0.1, -0.05) is 47.5 Å². The summed E-state index contributed by atoms with van der Waals surface area (Å²) in [5, 5.41) is 2.86. The lowest BCUT2D eigenvalue weighted by atomic mass is 9.80. The molecule has 3 amide bonds. The van der Waals surface area contributed by atoms with Crippen LogP contribution < -0.4 is 5.32 Å². The molecule has 0 saturated carbocycles. The van der Waals surface area contributed by atoms with Crippen molar-refractivity contribution in [2.45, 2.75) is 66.7 Å². The zero-order chi connectivity index (χ0) is 17.6. The molecule has 0 aromatic rings. The summed E-state index contributed by atoms with van der Waals surface area (Å²) in [6.07, 6.45) is 3.70. The fourth-order valence-electron chi connectivity index (χ4n) is 2.80. The van der Waals surface area contributed by atoms with Gasteiger partial charge in [0.25, 0.3) is 0 Å². The van der Waals surface area contributed by atoms with Gasteiger partial charge in [0.2, 0.25) is 17.7 Å². The summed E-state index contributed by atoms with van der Waals surface area (Å²) in [6, 6.07) is 0. The zero-order valence-corrected chi connectivity index (χ0v) is 15.3. The first-order chi connectivity index (χ1) is 10.6. The van der Waals surface area contributed by atoms with Gasteiger partial charge in [0, 0.05) is 25.9 Å². The lowest BCUT2D eigenvalue weighted by Gasteiger charge is -2.24. The van der Waals surface area contributed by atoms with Gasteiger partial charge in [-0.2, -0.15) is 0 Å². The molecule has 0 aromatic heterocycles. The predicted molar refractivity (Wildman–Crippen MR) is 90.6 cm³/mol. The predicted octanol–water partition coefficient (Wildman–Crippen LogP) is 2.74. The third-order valence-corrected chi connectivity index (χ3v) is 4.38. The van der Waals surface area contributed by atoms with E-state index in [1.807, 2.05) is 20.8 Å². The molecule has 1 fully saturated rings. The number of carbonyl (C=O) groups excluding carboxylic acids is 3. The van der Waals surface area contributed by atoms with E-state index in [-0.39, 0.29) is 48.4 Å². The molecule has 1 rings (SSSR count). The summed E-state index contributed by atoms with van der Waals surface area (Å²) in [5.41, 5.74) is -0.222. The number of nitrogens with zero attached hydrogens (tertiary/aromatic N) is 1. The number of imide groups is 1. The van der Waals surface area contributed by atoms with E-state index in [9.17, 15) is 14.4 Å². The summed E-state index contributed by atoms with van der Waals surface area (Å²) in [5.74, 6) is 0.0454. The third kappa shape index (κ3) is 6.32. The van der Waals surface area contributed by atoms with E-state index >= 15 is 0 Å². The molecule has 1 saturated heterocycles. The van der Waals surface area contributed by atoms with Gasteiger partial charge in [0.15, 0.2) is 0 Å². The molecule has 5 nitrogen and oxygen atoms in total. The van der Waals surface area contributed by atoms with E-state index in [0.717, 1.165) is 12.8 Å². The third-order valence-electron chi connectivity index (χ3n) is 4.38. The fraction of sp³-hybridized carbons (Fsp3) is 0.833.